The third-order valence-electron chi connectivity index (χ3n) is 3.02. The van der Waals surface area contributed by atoms with Crippen molar-refractivity contribution in [1.82, 2.24) is 15.0 Å². The number of ether oxygens (including phenoxy) is 3. The van der Waals surface area contributed by atoms with Crippen LogP contribution in [-0.4, -0.2) is 46.4 Å². The predicted octanol–water partition coefficient (Wildman–Crippen LogP) is 0.883. The molecular formula is C13H13N3O5. The smallest absolute Gasteiger partial charge is 0.358 e. The third-order valence-corrected chi connectivity index (χ3v) is 3.02. The minimum absolute atomic E-state index is 0.0864. The van der Waals surface area contributed by atoms with Crippen LogP contribution >= 0.6 is 0 Å². The number of rotatable bonds is 4. The van der Waals surface area contributed by atoms with Crippen LogP contribution in [0, 0.1) is 0 Å². The number of methoxy groups -OCH3 is 1. The fourth-order valence-corrected chi connectivity index (χ4v) is 2.11. The predicted molar refractivity (Wildman–Crippen MR) is 70.0 cm³/mol. The third kappa shape index (κ3) is 2.40. The number of carboxylic acids is 1. The van der Waals surface area contributed by atoms with Crippen molar-refractivity contribution in [2.45, 2.75) is 6.61 Å². The van der Waals surface area contributed by atoms with Crippen LogP contribution in [-0.2, 0) is 11.3 Å². The quantitative estimate of drug-likeness (QED) is 0.893. The molecule has 0 spiro atoms. The van der Waals surface area contributed by atoms with Gasteiger partial charge < -0.3 is 19.3 Å². The van der Waals surface area contributed by atoms with E-state index in [0.29, 0.717) is 36.1 Å². The second kappa shape index (κ2) is 5.41. The number of carbonyl (C=O) groups is 1. The van der Waals surface area contributed by atoms with E-state index >= 15 is 0 Å². The van der Waals surface area contributed by atoms with Gasteiger partial charge in [0.2, 0.25) is 0 Å². The Morgan fingerprint density at radius 3 is 2.86 bits per heavy atom. The molecular weight excluding hydrogens is 278 g/mol. The van der Waals surface area contributed by atoms with E-state index in [2.05, 4.69) is 10.3 Å². The number of fused-ring (bicyclic) bond motifs is 1. The van der Waals surface area contributed by atoms with Crippen LogP contribution in [0.25, 0.3) is 5.69 Å². The number of benzene rings is 1. The lowest BCUT2D eigenvalue weighted by atomic mass is 10.2. The van der Waals surface area contributed by atoms with Crippen molar-refractivity contribution in [1.29, 1.82) is 0 Å². The van der Waals surface area contributed by atoms with Gasteiger partial charge in [0, 0.05) is 13.2 Å². The van der Waals surface area contributed by atoms with Crippen molar-refractivity contribution >= 4 is 5.97 Å². The molecule has 0 saturated carbocycles. The minimum Gasteiger partial charge on any atom is -0.486 e. The SMILES string of the molecule is COCc1c(C(=O)O)nnn1-c1ccc2c(c1)OCCO2. The molecule has 2 aromatic rings. The fraction of sp³-hybridized carbons (Fsp3) is 0.308. The number of aromatic nitrogens is 3. The molecule has 2 heterocycles. The molecule has 21 heavy (non-hydrogen) atoms. The van der Waals surface area contributed by atoms with Crippen LogP contribution in [0.15, 0.2) is 18.2 Å². The van der Waals surface area contributed by atoms with Crippen LogP contribution < -0.4 is 9.47 Å². The number of aromatic carboxylic acids is 1. The molecule has 8 heteroatoms. The molecule has 8 nitrogen and oxygen atoms in total. The summed E-state index contributed by atoms with van der Waals surface area (Å²) in [7, 11) is 1.48. The summed E-state index contributed by atoms with van der Waals surface area (Å²) in [5.41, 5.74) is 0.861. The summed E-state index contributed by atoms with van der Waals surface area (Å²) in [5.74, 6) is 0.0946. The molecule has 0 atom stereocenters. The van der Waals surface area contributed by atoms with Gasteiger partial charge in [0.15, 0.2) is 17.2 Å². The number of carboxylic acid groups (broad SMARTS) is 1. The normalized spacial score (nSPS) is 13.2. The van der Waals surface area contributed by atoms with Gasteiger partial charge in [-0.3, -0.25) is 0 Å². The average molecular weight is 291 g/mol. The minimum atomic E-state index is -1.15. The summed E-state index contributed by atoms with van der Waals surface area (Å²) in [6.45, 7) is 1.07. The van der Waals surface area contributed by atoms with Crippen molar-refractivity contribution in [2.24, 2.45) is 0 Å². The second-order valence-electron chi connectivity index (χ2n) is 4.36. The Kier molecular flexibility index (Phi) is 3.44. The van der Waals surface area contributed by atoms with Crippen molar-refractivity contribution in [2.75, 3.05) is 20.3 Å². The van der Waals surface area contributed by atoms with E-state index in [9.17, 15) is 4.79 Å². The summed E-state index contributed by atoms with van der Waals surface area (Å²) < 4.78 is 17.4. The Morgan fingerprint density at radius 1 is 1.38 bits per heavy atom. The van der Waals surface area contributed by atoms with Crippen LogP contribution in [0.3, 0.4) is 0 Å². The molecule has 1 aliphatic rings. The Bertz CT molecular complexity index is 682. The summed E-state index contributed by atoms with van der Waals surface area (Å²) in [4.78, 5) is 11.2. The fourth-order valence-electron chi connectivity index (χ4n) is 2.11. The first kappa shape index (κ1) is 13.4. The highest BCUT2D eigenvalue weighted by Crippen LogP contribution is 2.32. The first-order valence-electron chi connectivity index (χ1n) is 6.27. The molecule has 0 unspecified atom stereocenters. The Morgan fingerprint density at radius 2 is 2.14 bits per heavy atom. The van der Waals surface area contributed by atoms with E-state index < -0.39 is 5.97 Å². The number of hydrogen-bond donors (Lipinski definition) is 1. The van der Waals surface area contributed by atoms with Crippen molar-refractivity contribution in [3.05, 3.63) is 29.6 Å². The summed E-state index contributed by atoms with van der Waals surface area (Å²) in [6.07, 6.45) is 0. The van der Waals surface area contributed by atoms with Gasteiger partial charge in [0.1, 0.15) is 18.9 Å². The molecule has 1 aromatic carbocycles. The molecule has 110 valence electrons. The lowest BCUT2D eigenvalue weighted by Gasteiger charge is -2.19. The molecule has 0 aliphatic carbocycles. The average Bonchev–Trinajstić information content (AvgIpc) is 2.91. The molecule has 3 rings (SSSR count). The molecule has 0 fully saturated rings. The number of hydrogen-bond acceptors (Lipinski definition) is 6. The van der Waals surface area contributed by atoms with E-state index in [1.54, 1.807) is 18.2 Å². The van der Waals surface area contributed by atoms with Crippen LogP contribution in [0.2, 0.25) is 0 Å². The van der Waals surface area contributed by atoms with Gasteiger partial charge in [0.05, 0.1) is 12.3 Å². The van der Waals surface area contributed by atoms with Gasteiger partial charge >= 0.3 is 5.97 Å². The van der Waals surface area contributed by atoms with Gasteiger partial charge in [-0.05, 0) is 12.1 Å². The van der Waals surface area contributed by atoms with Crippen LogP contribution in [0.1, 0.15) is 16.2 Å². The van der Waals surface area contributed by atoms with Gasteiger partial charge in [-0.2, -0.15) is 0 Å². The zero-order valence-electron chi connectivity index (χ0n) is 11.3. The maximum atomic E-state index is 11.2. The molecule has 0 bridgehead atoms. The van der Waals surface area contributed by atoms with Crippen molar-refractivity contribution < 1.29 is 24.1 Å². The Hall–Kier alpha value is -2.61. The summed E-state index contributed by atoms with van der Waals surface area (Å²) in [6, 6.07) is 5.24. The lowest BCUT2D eigenvalue weighted by molar-refractivity contribution is 0.0685. The van der Waals surface area contributed by atoms with E-state index in [0.717, 1.165) is 0 Å². The van der Waals surface area contributed by atoms with Crippen LogP contribution in [0.5, 0.6) is 11.5 Å². The van der Waals surface area contributed by atoms with Crippen LogP contribution in [0.4, 0.5) is 0 Å². The van der Waals surface area contributed by atoms with Gasteiger partial charge in [-0.1, -0.05) is 5.21 Å². The summed E-state index contributed by atoms with van der Waals surface area (Å²) >= 11 is 0. The van der Waals surface area contributed by atoms with Gasteiger partial charge in [-0.25, -0.2) is 9.48 Å². The van der Waals surface area contributed by atoms with E-state index in [1.165, 1.54) is 11.8 Å². The maximum absolute atomic E-state index is 11.2. The number of nitrogens with zero attached hydrogens (tertiary/aromatic N) is 3. The topological polar surface area (TPSA) is 95.7 Å². The summed E-state index contributed by atoms with van der Waals surface area (Å²) in [5, 5.41) is 16.7. The highest BCUT2D eigenvalue weighted by molar-refractivity contribution is 5.86. The molecule has 1 aromatic heterocycles. The molecule has 1 aliphatic heterocycles. The molecule has 1 N–H and O–H groups in total. The first-order chi connectivity index (χ1) is 10.2. The lowest BCUT2D eigenvalue weighted by Crippen LogP contribution is -2.16. The Labute approximate surface area is 119 Å². The molecule has 0 amide bonds. The highest BCUT2D eigenvalue weighted by atomic mass is 16.6. The van der Waals surface area contributed by atoms with Crippen molar-refractivity contribution in [3.8, 4) is 17.2 Å². The zero-order valence-corrected chi connectivity index (χ0v) is 11.3. The molecule has 0 saturated heterocycles. The zero-order chi connectivity index (χ0) is 14.8. The first-order valence-corrected chi connectivity index (χ1v) is 6.27. The second-order valence-corrected chi connectivity index (χ2v) is 4.36. The highest BCUT2D eigenvalue weighted by Gasteiger charge is 2.21. The van der Waals surface area contributed by atoms with E-state index in [4.69, 9.17) is 19.3 Å². The van der Waals surface area contributed by atoms with Gasteiger partial charge in [-0.15, -0.1) is 5.10 Å². The maximum Gasteiger partial charge on any atom is 0.358 e. The largest absolute Gasteiger partial charge is 0.486 e. The van der Waals surface area contributed by atoms with Gasteiger partial charge in [0.25, 0.3) is 0 Å². The van der Waals surface area contributed by atoms with Crippen molar-refractivity contribution in [3.63, 3.8) is 0 Å². The monoisotopic (exact) mass is 291 g/mol. The van der Waals surface area contributed by atoms with E-state index in [1.807, 2.05) is 0 Å². The van der Waals surface area contributed by atoms with E-state index in [-0.39, 0.29) is 12.3 Å². The molecule has 0 radical (unpaired) electrons. The Balaban J connectivity index is 2.05. The standard InChI is InChI=1S/C13H13N3O5/c1-19-7-9-12(13(17)18)14-15-16(9)8-2-3-10-11(6-8)21-5-4-20-10/h2-3,6H,4-5,7H2,1H3,(H,17,18).